The van der Waals surface area contributed by atoms with Gasteiger partial charge >= 0.3 is 125 Å². The molecule has 0 amide bonds. The van der Waals surface area contributed by atoms with E-state index in [2.05, 4.69) is 60.3 Å². The van der Waals surface area contributed by atoms with Gasteiger partial charge in [-0.3, -0.25) is 0 Å². The van der Waals surface area contributed by atoms with Gasteiger partial charge in [0.15, 0.2) is 0 Å². The van der Waals surface area contributed by atoms with E-state index in [1.807, 2.05) is 25.2 Å². The van der Waals surface area contributed by atoms with Crippen LogP contribution in [0, 0.1) is 0 Å². The summed E-state index contributed by atoms with van der Waals surface area (Å²) >= 11 is 0. The Hall–Kier alpha value is -2.12. The molecule has 0 spiro atoms. The molecule has 1 heterocycles. The molecular formula is C17H19N2OP. The molecule has 0 saturated carbocycles. The first-order chi connectivity index (χ1) is 10.2. The molecule has 0 bridgehead atoms. The molecule has 0 N–H and O–H groups in total. The topological polar surface area (TPSA) is 27.1 Å². The number of aryl methyl sites for hydroxylation is 1. The van der Waals surface area contributed by atoms with Gasteiger partial charge in [-0.25, -0.2) is 0 Å². The molecule has 0 atom stereocenters. The van der Waals surface area contributed by atoms with Gasteiger partial charge < -0.3 is 0 Å². The third-order valence-corrected chi connectivity index (χ3v) is 7.22. The van der Waals surface area contributed by atoms with Crippen LogP contribution in [0.1, 0.15) is 0 Å². The molecule has 108 valence electrons. The Morgan fingerprint density at radius 2 is 1.38 bits per heavy atom. The summed E-state index contributed by atoms with van der Waals surface area (Å²) in [5.41, 5.74) is 0. The molecule has 0 aliphatic heterocycles. The van der Waals surface area contributed by atoms with Gasteiger partial charge in [0.25, 0.3) is 0 Å². The zero-order valence-corrected chi connectivity index (χ0v) is 13.2. The van der Waals surface area contributed by atoms with E-state index in [9.17, 15) is 0 Å². The van der Waals surface area contributed by atoms with Crippen LogP contribution in [0.25, 0.3) is 0 Å². The average molecular weight is 298 g/mol. The van der Waals surface area contributed by atoms with Gasteiger partial charge in [0.05, 0.1) is 0 Å². The second-order valence-corrected chi connectivity index (χ2v) is 8.59. The Morgan fingerprint density at radius 1 is 0.857 bits per heavy atom. The predicted octanol–water partition coefficient (Wildman–Crippen LogP) is 2.74. The normalized spacial score (nSPS) is 12.1. The van der Waals surface area contributed by atoms with Crippen LogP contribution in [0.5, 0.6) is 5.88 Å². The molecule has 0 fully saturated rings. The minimum atomic E-state index is -2.30. The molecule has 1 aromatic heterocycles. The van der Waals surface area contributed by atoms with Crippen LogP contribution in [0.15, 0.2) is 72.9 Å². The van der Waals surface area contributed by atoms with E-state index in [1.165, 1.54) is 10.6 Å². The zero-order chi connectivity index (χ0) is 14.7. The van der Waals surface area contributed by atoms with Crippen molar-refractivity contribution < 1.29 is 4.52 Å². The molecule has 0 aliphatic carbocycles. The van der Waals surface area contributed by atoms with E-state index in [4.69, 9.17) is 4.52 Å². The van der Waals surface area contributed by atoms with Gasteiger partial charge in [0.2, 0.25) is 0 Å². The fourth-order valence-corrected chi connectivity index (χ4v) is 5.31. The van der Waals surface area contributed by atoms with Crippen molar-refractivity contribution in [2.24, 2.45) is 7.05 Å². The minimum absolute atomic E-state index is 0.803. The SMILES string of the molecule is Cn1nccc1O[PH](C)(c1ccccc1)c1ccccc1. The fourth-order valence-electron chi connectivity index (χ4n) is 2.47. The Balaban J connectivity index is 2.09. The zero-order valence-electron chi connectivity index (χ0n) is 12.2. The number of benzene rings is 2. The summed E-state index contributed by atoms with van der Waals surface area (Å²) in [7, 11) is -0.395. The first-order valence-electron chi connectivity index (χ1n) is 6.98. The maximum absolute atomic E-state index is 6.48. The first-order valence-corrected chi connectivity index (χ1v) is 9.39. The average Bonchev–Trinajstić information content (AvgIpc) is 2.94. The van der Waals surface area contributed by atoms with Crippen LogP contribution in [0.3, 0.4) is 0 Å². The van der Waals surface area contributed by atoms with Gasteiger partial charge in [0, 0.05) is 0 Å². The molecule has 3 aromatic rings. The summed E-state index contributed by atoms with van der Waals surface area (Å²) < 4.78 is 8.26. The van der Waals surface area contributed by atoms with Crippen molar-refractivity contribution in [3.63, 3.8) is 0 Å². The molecule has 3 nitrogen and oxygen atoms in total. The summed E-state index contributed by atoms with van der Waals surface area (Å²) in [6.45, 7) is 2.23. The molecule has 0 saturated heterocycles. The van der Waals surface area contributed by atoms with Crippen molar-refractivity contribution >= 4 is 18.1 Å². The van der Waals surface area contributed by atoms with Gasteiger partial charge in [-0.05, 0) is 0 Å². The fraction of sp³-hybridized carbons (Fsp3) is 0.118. The van der Waals surface area contributed by atoms with Crippen molar-refractivity contribution in [3.05, 3.63) is 72.9 Å². The number of nitrogens with zero attached hydrogens (tertiary/aromatic N) is 2. The molecular weight excluding hydrogens is 279 g/mol. The monoisotopic (exact) mass is 298 g/mol. The number of rotatable bonds is 4. The van der Waals surface area contributed by atoms with E-state index in [0.717, 1.165) is 5.88 Å². The van der Waals surface area contributed by atoms with Gasteiger partial charge in [0.1, 0.15) is 0 Å². The summed E-state index contributed by atoms with van der Waals surface area (Å²) in [6.07, 6.45) is 1.76. The van der Waals surface area contributed by atoms with Crippen molar-refractivity contribution in [1.82, 2.24) is 9.78 Å². The molecule has 21 heavy (non-hydrogen) atoms. The molecule has 0 unspecified atom stereocenters. The predicted molar refractivity (Wildman–Crippen MR) is 90.2 cm³/mol. The molecule has 0 radical (unpaired) electrons. The summed E-state index contributed by atoms with van der Waals surface area (Å²) in [6, 6.07) is 22.8. The van der Waals surface area contributed by atoms with Crippen LogP contribution in [0.4, 0.5) is 0 Å². The van der Waals surface area contributed by atoms with Crippen LogP contribution < -0.4 is 15.1 Å². The summed E-state index contributed by atoms with van der Waals surface area (Å²) in [5.74, 6) is 0.803. The third-order valence-electron chi connectivity index (χ3n) is 3.73. The van der Waals surface area contributed by atoms with Crippen molar-refractivity contribution in [2.75, 3.05) is 6.66 Å². The van der Waals surface area contributed by atoms with Crippen LogP contribution in [-0.2, 0) is 7.05 Å². The molecule has 0 aliphatic rings. The second-order valence-electron chi connectivity index (χ2n) is 5.16. The molecule has 2 aromatic carbocycles. The van der Waals surface area contributed by atoms with Crippen LogP contribution in [-0.4, -0.2) is 16.4 Å². The number of aromatic nitrogens is 2. The van der Waals surface area contributed by atoms with Crippen molar-refractivity contribution in [3.8, 4) is 5.88 Å². The Bertz CT molecular complexity index is 670. The standard InChI is InChI=1S/C17H19N2OP/c1-19-17(13-14-18-19)20-21(2,15-9-5-3-6-10-15)16-11-7-4-8-12-16/h3-14,21H,1-2H3. The Labute approximate surface area is 125 Å². The van der Waals surface area contributed by atoms with Gasteiger partial charge in [-0.2, -0.15) is 0 Å². The van der Waals surface area contributed by atoms with Gasteiger partial charge in [-0.1, -0.05) is 0 Å². The van der Waals surface area contributed by atoms with Crippen molar-refractivity contribution in [2.45, 2.75) is 0 Å². The maximum atomic E-state index is 6.48. The van der Waals surface area contributed by atoms with E-state index < -0.39 is 7.49 Å². The van der Waals surface area contributed by atoms with E-state index >= 15 is 0 Å². The van der Waals surface area contributed by atoms with Crippen molar-refractivity contribution in [1.29, 1.82) is 0 Å². The molecule has 3 rings (SSSR count). The number of hydrogen-bond donors (Lipinski definition) is 0. The van der Waals surface area contributed by atoms with Crippen LogP contribution >= 0.6 is 7.49 Å². The first kappa shape index (κ1) is 13.8. The quantitative estimate of drug-likeness (QED) is 0.693. The van der Waals surface area contributed by atoms with E-state index in [-0.39, 0.29) is 0 Å². The van der Waals surface area contributed by atoms with E-state index in [1.54, 1.807) is 10.9 Å². The molecule has 4 heteroatoms. The Morgan fingerprint density at radius 3 is 1.81 bits per heavy atom. The Kier molecular flexibility index (Phi) is 3.76. The van der Waals surface area contributed by atoms with Crippen LogP contribution in [0.2, 0.25) is 0 Å². The summed E-state index contributed by atoms with van der Waals surface area (Å²) in [5, 5.41) is 6.70. The summed E-state index contributed by atoms with van der Waals surface area (Å²) in [4.78, 5) is 0. The number of hydrogen-bond acceptors (Lipinski definition) is 2. The third kappa shape index (κ3) is 2.70. The van der Waals surface area contributed by atoms with Gasteiger partial charge in [-0.15, -0.1) is 0 Å². The second kappa shape index (κ2) is 5.71. The van der Waals surface area contributed by atoms with E-state index in [0.29, 0.717) is 0 Å².